The number of nitriles is 1. The number of nitrogens with zero attached hydrogens (tertiary/aromatic N) is 3. The van der Waals surface area contributed by atoms with Crippen LogP contribution in [-0.4, -0.2) is 33.7 Å². The molecule has 30 heavy (non-hydrogen) atoms. The van der Waals surface area contributed by atoms with Crippen LogP contribution >= 0.6 is 23.1 Å². The van der Waals surface area contributed by atoms with Gasteiger partial charge in [-0.05, 0) is 38.3 Å². The SMILES string of the molecule is CCCCc1ccc(C#N)c(SC(CC)C(=O)Nc2nc(CC(=O)OCC)cs2)n1. The van der Waals surface area contributed by atoms with Crippen molar-refractivity contribution in [3.8, 4) is 6.07 Å². The fraction of sp³-hybridized carbons (Fsp3) is 0.476. The summed E-state index contributed by atoms with van der Waals surface area (Å²) in [6.07, 6.45) is 3.59. The number of pyridine rings is 1. The number of thiazole rings is 1. The number of ether oxygens (including phenoxy) is 1. The minimum atomic E-state index is -0.413. The summed E-state index contributed by atoms with van der Waals surface area (Å²) >= 11 is 2.56. The predicted octanol–water partition coefficient (Wildman–Crippen LogP) is 4.37. The molecule has 2 heterocycles. The van der Waals surface area contributed by atoms with E-state index in [1.54, 1.807) is 18.4 Å². The Morgan fingerprint density at radius 1 is 1.27 bits per heavy atom. The Morgan fingerprint density at radius 2 is 2.07 bits per heavy atom. The van der Waals surface area contributed by atoms with E-state index in [-0.39, 0.29) is 18.3 Å². The number of aromatic nitrogens is 2. The van der Waals surface area contributed by atoms with Gasteiger partial charge in [-0.3, -0.25) is 9.59 Å². The lowest BCUT2D eigenvalue weighted by Crippen LogP contribution is -2.24. The zero-order chi connectivity index (χ0) is 21.9. The van der Waals surface area contributed by atoms with E-state index >= 15 is 0 Å². The maximum Gasteiger partial charge on any atom is 0.311 e. The number of anilines is 1. The van der Waals surface area contributed by atoms with Crippen LogP contribution in [0.2, 0.25) is 0 Å². The number of carbonyl (C=O) groups excluding carboxylic acids is 2. The van der Waals surface area contributed by atoms with Crippen molar-refractivity contribution in [2.24, 2.45) is 0 Å². The zero-order valence-corrected chi connectivity index (χ0v) is 19.1. The number of thioether (sulfide) groups is 1. The lowest BCUT2D eigenvalue weighted by atomic mass is 10.2. The number of amides is 1. The van der Waals surface area contributed by atoms with Gasteiger partial charge in [0, 0.05) is 11.1 Å². The van der Waals surface area contributed by atoms with Gasteiger partial charge in [-0.2, -0.15) is 5.26 Å². The lowest BCUT2D eigenvalue weighted by molar-refractivity contribution is -0.142. The van der Waals surface area contributed by atoms with E-state index in [9.17, 15) is 14.9 Å². The molecule has 0 aliphatic rings. The molecule has 2 aromatic heterocycles. The molecule has 7 nitrogen and oxygen atoms in total. The normalized spacial score (nSPS) is 11.5. The first-order valence-corrected chi connectivity index (χ1v) is 11.7. The molecule has 0 saturated heterocycles. The van der Waals surface area contributed by atoms with Gasteiger partial charge >= 0.3 is 5.97 Å². The molecule has 0 aliphatic carbocycles. The summed E-state index contributed by atoms with van der Waals surface area (Å²) in [4.78, 5) is 33.2. The molecule has 0 saturated carbocycles. The summed E-state index contributed by atoms with van der Waals surface area (Å²) in [7, 11) is 0. The summed E-state index contributed by atoms with van der Waals surface area (Å²) in [5.41, 5.74) is 1.96. The van der Waals surface area contributed by atoms with E-state index in [1.807, 2.05) is 13.0 Å². The Kier molecular flexibility index (Phi) is 9.77. The van der Waals surface area contributed by atoms with Crippen LogP contribution in [0.4, 0.5) is 5.13 Å². The number of hydrogen-bond acceptors (Lipinski definition) is 8. The molecule has 0 aliphatic heterocycles. The second kappa shape index (κ2) is 12.3. The van der Waals surface area contributed by atoms with Crippen molar-refractivity contribution in [3.05, 3.63) is 34.5 Å². The predicted molar refractivity (Wildman–Crippen MR) is 119 cm³/mol. The molecule has 160 valence electrons. The van der Waals surface area contributed by atoms with Crippen molar-refractivity contribution in [1.82, 2.24) is 9.97 Å². The Morgan fingerprint density at radius 3 is 2.73 bits per heavy atom. The number of rotatable bonds is 11. The first-order valence-electron chi connectivity index (χ1n) is 9.98. The van der Waals surface area contributed by atoms with Gasteiger partial charge in [-0.1, -0.05) is 32.0 Å². The molecule has 1 N–H and O–H groups in total. The fourth-order valence-corrected chi connectivity index (χ4v) is 4.33. The lowest BCUT2D eigenvalue weighted by Gasteiger charge is -2.14. The average Bonchev–Trinajstić information content (AvgIpc) is 3.16. The minimum Gasteiger partial charge on any atom is -0.466 e. The van der Waals surface area contributed by atoms with Crippen molar-refractivity contribution >= 4 is 40.1 Å². The molecule has 0 radical (unpaired) electrons. The Hall–Kier alpha value is -2.44. The van der Waals surface area contributed by atoms with Crippen LogP contribution in [0.15, 0.2) is 22.5 Å². The number of esters is 1. The van der Waals surface area contributed by atoms with Crippen molar-refractivity contribution in [1.29, 1.82) is 5.26 Å². The van der Waals surface area contributed by atoms with Crippen LogP contribution in [0.5, 0.6) is 0 Å². The molecule has 2 rings (SSSR count). The summed E-state index contributed by atoms with van der Waals surface area (Å²) in [6.45, 7) is 6.10. The zero-order valence-electron chi connectivity index (χ0n) is 17.4. The third kappa shape index (κ3) is 7.11. The van der Waals surface area contributed by atoms with Crippen LogP contribution in [0, 0.1) is 11.3 Å². The first-order chi connectivity index (χ1) is 14.5. The first kappa shape index (κ1) is 23.8. The van der Waals surface area contributed by atoms with E-state index in [4.69, 9.17) is 4.74 Å². The third-order valence-electron chi connectivity index (χ3n) is 4.15. The quantitative estimate of drug-likeness (QED) is 0.404. The molecule has 1 atom stereocenters. The van der Waals surface area contributed by atoms with Crippen LogP contribution in [-0.2, 0) is 27.2 Å². The molecule has 9 heteroatoms. The van der Waals surface area contributed by atoms with Crippen molar-refractivity contribution in [2.75, 3.05) is 11.9 Å². The Bertz CT molecular complexity index is 908. The molecule has 0 fully saturated rings. The highest BCUT2D eigenvalue weighted by Crippen LogP contribution is 2.29. The van der Waals surface area contributed by atoms with Gasteiger partial charge < -0.3 is 10.1 Å². The smallest absolute Gasteiger partial charge is 0.311 e. The number of hydrogen-bond donors (Lipinski definition) is 1. The fourth-order valence-electron chi connectivity index (χ4n) is 2.60. The van der Waals surface area contributed by atoms with E-state index in [0.29, 0.717) is 34.4 Å². The van der Waals surface area contributed by atoms with Crippen molar-refractivity contribution in [3.63, 3.8) is 0 Å². The van der Waals surface area contributed by atoms with Gasteiger partial charge in [0.1, 0.15) is 11.1 Å². The summed E-state index contributed by atoms with van der Waals surface area (Å²) in [6, 6.07) is 5.81. The Labute approximate surface area is 185 Å². The summed E-state index contributed by atoms with van der Waals surface area (Å²) in [5, 5.41) is 14.5. The van der Waals surface area contributed by atoms with Gasteiger partial charge in [0.25, 0.3) is 0 Å². The molecule has 1 amide bonds. The maximum absolute atomic E-state index is 12.8. The second-order valence-corrected chi connectivity index (χ2v) is 8.55. The van der Waals surface area contributed by atoms with Crippen LogP contribution in [0.25, 0.3) is 0 Å². The number of aryl methyl sites for hydroxylation is 1. The monoisotopic (exact) mass is 446 g/mol. The van der Waals surface area contributed by atoms with Crippen molar-refractivity contribution in [2.45, 2.75) is 63.2 Å². The Balaban J connectivity index is 2.06. The molecule has 0 aromatic carbocycles. The topological polar surface area (TPSA) is 105 Å². The highest BCUT2D eigenvalue weighted by atomic mass is 32.2. The third-order valence-corrected chi connectivity index (χ3v) is 6.33. The standard InChI is InChI=1S/C21H26N4O3S2/c1-4-7-8-15-10-9-14(12-22)20(23-15)30-17(5-2)19(27)25-21-24-16(13-29-21)11-18(26)28-6-3/h9-10,13,17H,4-8,11H2,1-3H3,(H,24,25,27). The van der Waals surface area contributed by atoms with E-state index < -0.39 is 5.25 Å². The van der Waals surface area contributed by atoms with E-state index in [0.717, 1.165) is 25.0 Å². The average molecular weight is 447 g/mol. The number of unbranched alkanes of at least 4 members (excludes halogenated alkanes) is 1. The minimum absolute atomic E-state index is 0.0756. The summed E-state index contributed by atoms with van der Waals surface area (Å²) in [5.74, 6) is -0.551. The molecular weight excluding hydrogens is 420 g/mol. The van der Waals surface area contributed by atoms with Gasteiger partial charge in [0.2, 0.25) is 5.91 Å². The highest BCUT2D eigenvalue weighted by Gasteiger charge is 2.22. The van der Waals surface area contributed by atoms with Gasteiger partial charge in [0.15, 0.2) is 5.13 Å². The van der Waals surface area contributed by atoms with Crippen LogP contribution in [0.1, 0.15) is 57.0 Å². The van der Waals surface area contributed by atoms with Gasteiger partial charge in [0.05, 0.1) is 29.5 Å². The highest BCUT2D eigenvalue weighted by molar-refractivity contribution is 8.00. The van der Waals surface area contributed by atoms with Crippen LogP contribution in [0.3, 0.4) is 0 Å². The largest absolute Gasteiger partial charge is 0.466 e. The number of nitrogens with one attached hydrogen (secondary N) is 1. The maximum atomic E-state index is 12.8. The molecule has 1 unspecified atom stereocenters. The van der Waals surface area contributed by atoms with E-state index in [2.05, 4.69) is 28.3 Å². The summed E-state index contributed by atoms with van der Waals surface area (Å²) < 4.78 is 4.92. The molecular formula is C21H26N4O3S2. The van der Waals surface area contributed by atoms with Gasteiger partial charge in [-0.25, -0.2) is 9.97 Å². The number of carbonyl (C=O) groups is 2. The molecule has 0 spiro atoms. The van der Waals surface area contributed by atoms with E-state index in [1.165, 1.54) is 23.1 Å². The molecule has 0 bridgehead atoms. The second-order valence-electron chi connectivity index (χ2n) is 6.50. The van der Waals surface area contributed by atoms with Crippen molar-refractivity contribution < 1.29 is 14.3 Å². The molecule has 2 aromatic rings. The van der Waals surface area contributed by atoms with Gasteiger partial charge in [-0.15, -0.1) is 11.3 Å². The van der Waals surface area contributed by atoms with Crippen LogP contribution < -0.4 is 5.32 Å².